The highest BCUT2D eigenvalue weighted by Crippen LogP contribution is 2.34. The maximum absolute atomic E-state index is 12.0. The fourth-order valence-electron chi connectivity index (χ4n) is 1.03. The van der Waals surface area contributed by atoms with Crippen LogP contribution in [0.1, 0.15) is 12.0 Å². The van der Waals surface area contributed by atoms with Crippen LogP contribution in [0.15, 0.2) is 40.6 Å². The van der Waals surface area contributed by atoms with Crippen LogP contribution < -0.4 is 0 Å². The minimum atomic E-state index is -4.17. The summed E-state index contributed by atoms with van der Waals surface area (Å²) in [5, 5.41) is 0. The van der Waals surface area contributed by atoms with Crippen molar-refractivity contribution in [2.24, 2.45) is 0 Å². The Morgan fingerprint density at radius 2 is 1.80 bits per heavy atom. The van der Waals surface area contributed by atoms with Gasteiger partial charge in [0.1, 0.15) is 0 Å². The fraction of sp³-hybridized carbons (Fsp3) is 0.273. The maximum Gasteiger partial charge on any atom is 0.393 e. The second kappa shape index (κ2) is 4.75. The van der Waals surface area contributed by atoms with Gasteiger partial charge in [0.15, 0.2) is 0 Å². The lowest BCUT2D eigenvalue weighted by atomic mass is 10.2. The van der Waals surface area contributed by atoms with E-state index in [1.165, 1.54) is 0 Å². The molecule has 0 aliphatic heterocycles. The molecule has 0 saturated carbocycles. The highest BCUT2D eigenvalue weighted by Gasteiger charge is 2.28. The molecule has 1 aromatic rings. The largest absolute Gasteiger partial charge is 0.393 e. The normalized spacial score (nSPS) is 11.5. The van der Waals surface area contributed by atoms with Gasteiger partial charge in [-0.05, 0) is 24.0 Å². The molecule has 0 unspecified atom stereocenters. The van der Waals surface area contributed by atoms with Crippen LogP contribution in [0.25, 0.3) is 0 Å². The lowest BCUT2D eigenvalue weighted by molar-refractivity contribution is -0.125. The summed E-state index contributed by atoms with van der Waals surface area (Å²) in [7, 11) is 0. The van der Waals surface area contributed by atoms with E-state index in [1.807, 2.05) is 19.1 Å². The smallest absolute Gasteiger partial charge is 0.171 e. The Morgan fingerprint density at radius 3 is 2.27 bits per heavy atom. The first-order valence-corrected chi connectivity index (χ1v) is 5.17. The van der Waals surface area contributed by atoms with Gasteiger partial charge >= 0.3 is 6.18 Å². The average Bonchev–Trinajstić information content (AvgIpc) is 2.05. The number of alkyl halides is 3. The summed E-state index contributed by atoms with van der Waals surface area (Å²) in [5.41, 5.74) is 1.08. The van der Waals surface area contributed by atoms with E-state index >= 15 is 0 Å². The molecule has 0 spiro atoms. The van der Waals surface area contributed by atoms with Crippen molar-refractivity contribution in [3.8, 4) is 0 Å². The second-order valence-electron chi connectivity index (χ2n) is 3.25. The summed E-state index contributed by atoms with van der Waals surface area (Å²) in [4.78, 5) is 0.904. The number of thioether (sulfide) groups is 1. The molecular weight excluding hydrogens is 221 g/mol. The van der Waals surface area contributed by atoms with Crippen LogP contribution >= 0.6 is 11.8 Å². The minimum absolute atomic E-state index is 0.117. The lowest BCUT2D eigenvalue weighted by Gasteiger charge is -2.08. The SMILES string of the molecule is C=C(CC(F)(F)F)Sc1ccc(C)cc1. The number of rotatable bonds is 3. The van der Waals surface area contributed by atoms with Gasteiger partial charge in [-0.1, -0.05) is 36.0 Å². The van der Waals surface area contributed by atoms with Gasteiger partial charge in [-0.2, -0.15) is 13.2 Å². The van der Waals surface area contributed by atoms with Crippen LogP contribution in [0.4, 0.5) is 13.2 Å². The number of hydrogen-bond acceptors (Lipinski definition) is 1. The van der Waals surface area contributed by atoms with E-state index in [1.54, 1.807) is 12.1 Å². The molecule has 4 heteroatoms. The van der Waals surface area contributed by atoms with E-state index in [9.17, 15) is 13.2 Å². The third kappa shape index (κ3) is 4.93. The van der Waals surface area contributed by atoms with Crippen molar-refractivity contribution >= 4 is 11.8 Å². The summed E-state index contributed by atoms with van der Waals surface area (Å²) < 4.78 is 36.0. The summed E-state index contributed by atoms with van der Waals surface area (Å²) >= 11 is 1.06. The van der Waals surface area contributed by atoms with Gasteiger partial charge in [0.25, 0.3) is 0 Å². The van der Waals surface area contributed by atoms with Gasteiger partial charge in [0.05, 0.1) is 6.42 Å². The molecule has 0 bridgehead atoms. The highest BCUT2D eigenvalue weighted by molar-refractivity contribution is 8.03. The highest BCUT2D eigenvalue weighted by atomic mass is 32.2. The summed E-state index contributed by atoms with van der Waals surface area (Å²) in [6, 6.07) is 7.31. The molecule has 0 saturated heterocycles. The number of aryl methyl sites for hydroxylation is 1. The first kappa shape index (κ1) is 12.2. The van der Waals surface area contributed by atoms with Crippen molar-refractivity contribution in [2.75, 3.05) is 0 Å². The topological polar surface area (TPSA) is 0 Å². The van der Waals surface area contributed by atoms with Gasteiger partial charge in [-0.15, -0.1) is 0 Å². The molecule has 82 valence electrons. The predicted octanol–water partition coefficient (Wildman–Crippen LogP) is 4.55. The minimum Gasteiger partial charge on any atom is -0.171 e. The Bertz CT molecular complexity index is 338. The Balaban J connectivity index is 2.55. The van der Waals surface area contributed by atoms with Crippen molar-refractivity contribution in [1.29, 1.82) is 0 Å². The van der Waals surface area contributed by atoms with Crippen molar-refractivity contribution in [1.82, 2.24) is 0 Å². The van der Waals surface area contributed by atoms with Crippen LogP contribution in [-0.4, -0.2) is 6.18 Å². The maximum atomic E-state index is 12.0. The molecule has 15 heavy (non-hydrogen) atoms. The molecule has 0 heterocycles. The molecule has 0 radical (unpaired) electrons. The number of allylic oxidation sites excluding steroid dienone is 1. The van der Waals surface area contributed by atoms with Crippen LogP contribution in [0.3, 0.4) is 0 Å². The number of benzene rings is 1. The first-order chi connectivity index (χ1) is 6.87. The Hall–Kier alpha value is -0.900. The zero-order chi connectivity index (χ0) is 11.5. The molecule has 0 N–H and O–H groups in total. The summed E-state index contributed by atoms with van der Waals surface area (Å²) in [6.45, 7) is 5.33. The molecule has 1 rings (SSSR count). The number of hydrogen-bond donors (Lipinski definition) is 0. The van der Waals surface area contributed by atoms with Crippen molar-refractivity contribution in [3.05, 3.63) is 41.3 Å². The van der Waals surface area contributed by atoms with Gasteiger partial charge in [0, 0.05) is 4.90 Å². The van der Waals surface area contributed by atoms with Crippen molar-refractivity contribution < 1.29 is 13.2 Å². The molecule has 0 atom stereocenters. The van der Waals surface area contributed by atoms with Crippen molar-refractivity contribution in [2.45, 2.75) is 24.4 Å². The van der Waals surface area contributed by atoms with E-state index in [0.717, 1.165) is 22.2 Å². The second-order valence-corrected chi connectivity index (χ2v) is 4.50. The predicted molar refractivity (Wildman–Crippen MR) is 56.8 cm³/mol. The quantitative estimate of drug-likeness (QED) is 0.689. The third-order valence-electron chi connectivity index (χ3n) is 1.68. The molecule has 0 fully saturated rings. The van der Waals surface area contributed by atoms with Gasteiger partial charge in [0.2, 0.25) is 0 Å². The molecule has 0 amide bonds. The average molecular weight is 232 g/mol. The Kier molecular flexibility index (Phi) is 3.85. The zero-order valence-electron chi connectivity index (χ0n) is 8.27. The van der Waals surface area contributed by atoms with E-state index in [0.29, 0.717) is 0 Å². The van der Waals surface area contributed by atoms with E-state index in [4.69, 9.17) is 0 Å². The third-order valence-corrected chi connectivity index (χ3v) is 2.62. The Labute approximate surface area is 91.2 Å². The monoisotopic (exact) mass is 232 g/mol. The van der Waals surface area contributed by atoms with Gasteiger partial charge in [-0.3, -0.25) is 0 Å². The van der Waals surface area contributed by atoms with Crippen molar-refractivity contribution in [3.63, 3.8) is 0 Å². The molecule has 0 aliphatic carbocycles. The van der Waals surface area contributed by atoms with Crippen LogP contribution in [-0.2, 0) is 0 Å². The van der Waals surface area contributed by atoms with Crippen LogP contribution in [0, 0.1) is 6.92 Å². The molecule has 1 aromatic carbocycles. The number of halogens is 3. The van der Waals surface area contributed by atoms with Crippen LogP contribution in [0.5, 0.6) is 0 Å². The first-order valence-electron chi connectivity index (χ1n) is 4.36. The molecule has 0 aromatic heterocycles. The van der Waals surface area contributed by atoms with E-state index in [-0.39, 0.29) is 4.91 Å². The van der Waals surface area contributed by atoms with Gasteiger partial charge in [-0.25, -0.2) is 0 Å². The van der Waals surface area contributed by atoms with E-state index < -0.39 is 12.6 Å². The lowest BCUT2D eigenvalue weighted by Crippen LogP contribution is -2.06. The molecule has 0 nitrogen and oxygen atoms in total. The van der Waals surface area contributed by atoms with E-state index in [2.05, 4.69) is 6.58 Å². The Morgan fingerprint density at radius 1 is 1.27 bits per heavy atom. The fourth-order valence-corrected chi connectivity index (χ4v) is 1.87. The molecule has 0 aliphatic rings. The summed E-state index contributed by atoms with van der Waals surface area (Å²) in [6.07, 6.45) is -5.11. The standard InChI is InChI=1S/C11H11F3S/c1-8-3-5-10(6-4-8)15-9(2)7-11(12,13)14/h3-6H,2,7H2,1H3. The van der Waals surface area contributed by atoms with Crippen LogP contribution in [0.2, 0.25) is 0 Å². The zero-order valence-corrected chi connectivity index (χ0v) is 9.08. The van der Waals surface area contributed by atoms with Gasteiger partial charge < -0.3 is 0 Å². The molecular formula is C11H11F3S. The summed E-state index contributed by atoms with van der Waals surface area (Å²) in [5.74, 6) is 0.